The number of carbonyl (C=O) groups excluding carboxylic acids is 1. The standard InChI is InChI=1S/C14H19FN2O2/c15-11-3-1-10(2-4-11)9-14(18)17-12-5-7-13(19-16)8-6-12/h1-4,12-13H,5-9,16H2,(H,17,18). The van der Waals surface area contributed by atoms with Gasteiger partial charge in [0.2, 0.25) is 5.91 Å². The van der Waals surface area contributed by atoms with Crippen LogP contribution in [0.5, 0.6) is 0 Å². The quantitative estimate of drug-likeness (QED) is 0.815. The smallest absolute Gasteiger partial charge is 0.224 e. The molecule has 19 heavy (non-hydrogen) atoms. The SMILES string of the molecule is NOC1CCC(NC(=O)Cc2ccc(F)cc2)CC1. The van der Waals surface area contributed by atoms with E-state index in [1.54, 1.807) is 12.1 Å². The van der Waals surface area contributed by atoms with Crippen molar-refractivity contribution in [1.29, 1.82) is 0 Å². The van der Waals surface area contributed by atoms with Gasteiger partial charge in [0.1, 0.15) is 5.82 Å². The molecular formula is C14H19FN2O2. The molecule has 4 nitrogen and oxygen atoms in total. The Morgan fingerprint density at radius 3 is 2.47 bits per heavy atom. The molecule has 0 saturated heterocycles. The van der Waals surface area contributed by atoms with Gasteiger partial charge in [-0.1, -0.05) is 12.1 Å². The molecule has 3 N–H and O–H groups in total. The molecule has 0 unspecified atom stereocenters. The third kappa shape index (κ3) is 4.29. The number of amides is 1. The highest BCUT2D eigenvalue weighted by Gasteiger charge is 2.22. The maximum absolute atomic E-state index is 12.7. The van der Waals surface area contributed by atoms with Gasteiger partial charge in [-0.25, -0.2) is 10.3 Å². The van der Waals surface area contributed by atoms with Gasteiger partial charge in [0.05, 0.1) is 12.5 Å². The van der Waals surface area contributed by atoms with Crippen molar-refractivity contribution >= 4 is 5.91 Å². The molecule has 1 aromatic carbocycles. The zero-order valence-corrected chi connectivity index (χ0v) is 10.8. The summed E-state index contributed by atoms with van der Waals surface area (Å²) in [7, 11) is 0. The second-order valence-electron chi connectivity index (χ2n) is 4.98. The first kappa shape index (κ1) is 14.0. The lowest BCUT2D eigenvalue weighted by atomic mass is 9.93. The zero-order valence-electron chi connectivity index (χ0n) is 10.8. The van der Waals surface area contributed by atoms with Crippen LogP contribution in [-0.2, 0) is 16.1 Å². The summed E-state index contributed by atoms with van der Waals surface area (Å²) in [4.78, 5) is 16.7. The van der Waals surface area contributed by atoms with Gasteiger partial charge in [0, 0.05) is 6.04 Å². The number of nitrogens with one attached hydrogen (secondary N) is 1. The van der Waals surface area contributed by atoms with Crippen molar-refractivity contribution < 1.29 is 14.0 Å². The minimum atomic E-state index is -0.288. The Kier molecular flexibility index (Phi) is 4.87. The Labute approximate surface area is 112 Å². The number of hydrogen-bond donors (Lipinski definition) is 2. The summed E-state index contributed by atoms with van der Waals surface area (Å²) in [5, 5.41) is 3.00. The molecule has 0 aliphatic heterocycles. The second-order valence-corrected chi connectivity index (χ2v) is 4.98. The summed E-state index contributed by atoms with van der Waals surface area (Å²) >= 11 is 0. The van der Waals surface area contributed by atoms with Gasteiger partial charge in [0.25, 0.3) is 0 Å². The van der Waals surface area contributed by atoms with Crippen LogP contribution in [0.25, 0.3) is 0 Å². The molecule has 1 saturated carbocycles. The van der Waals surface area contributed by atoms with Crippen molar-refractivity contribution in [3.8, 4) is 0 Å². The van der Waals surface area contributed by atoms with Crippen LogP contribution in [0.1, 0.15) is 31.2 Å². The molecule has 0 atom stereocenters. The van der Waals surface area contributed by atoms with Crippen molar-refractivity contribution in [2.24, 2.45) is 5.90 Å². The first-order chi connectivity index (χ1) is 9.17. The second kappa shape index (κ2) is 6.63. The molecule has 0 heterocycles. The molecule has 0 bridgehead atoms. The molecule has 5 heteroatoms. The van der Waals surface area contributed by atoms with E-state index in [0.29, 0.717) is 0 Å². The van der Waals surface area contributed by atoms with Crippen molar-refractivity contribution in [3.05, 3.63) is 35.6 Å². The van der Waals surface area contributed by atoms with Crippen LogP contribution in [0.15, 0.2) is 24.3 Å². The Balaban J connectivity index is 1.77. The number of hydrogen-bond acceptors (Lipinski definition) is 3. The van der Waals surface area contributed by atoms with Crippen LogP contribution < -0.4 is 11.2 Å². The van der Waals surface area contributed by atoms with E-state index in [4.69, 9.17) is 10.7 Å². The third-order valence-electron chi connectivity index (χ3n) is 3.51. The number of nitrogens with two attached hydrogens (primary N) is 1. The molecule has 1 fully saturated rings. The van der Waals surface area contributed by atoms with E-state index in [1.807, 2.05) is 0 Å². The van der Waals surface area contributed by atoms with E-state index < -0.39 is 0 Å². The Bertz CT molecular complexity index is 414. The van der Waals surface area contributed by atoms with Gasteiger partial charge in [-0.3, -0.25) is 4.79 Å². The van der Waals surface area contributed by atoms with Crippen molar-refractivity contribution in [1.82, 2.24) is 5.32 Å². The Hall–Kier alpha value is -1.46. The van der Waals surface area contributed by atoms with Crippen molar-refractivity contribution in [2.45, 2.75) is 44.2 Å². The molecule has 0 radical (unpaired) electrons. The molecule has 104 valence electrons. The Morgan fingerprint density at radius 2 is 1.89 bits per heavy atom. The predicted octanol–water partition coefficient (Wildman–Crippen LogP) is 1.69. The summed E-state index contributed by atoms with van der Waals surface area (Å²) in [5.74, 6) is 4.83. The van der Waals surface area contributed by atoms with Crippen molar-refractivity contribution in [2.75, 3.05) is 0 Å². The lowest BCUT2D eigenvalue weighted by Gasteiger charge is -2.27. The highest BCUT2D eigenvalue weighted by molar-refractivity contribution is 5.78. The highest BCUT2D eigenvalue weighted by Crippen LogP contribution is 2.20. The van der Waals surface area contributed by atoms with Gasteiger partial charge in [-0.05, 0) is 43.4 Å². The van der Waals surface area contributed by atoms with E-state index in [0.717, 1.165) is 31.2 Å². The summed E-state index contributed by atoms with van der Waals surface area (Å²) in [6.45, 7) is 0. The maximum Gasteiger partial charge on any atom is 0.224 e. The van der Waals surface area contributed by atoms with Crippen LogP contribution in [0.2, 0.25) is 0 Å². The molecule has 0 aromatic heterocycles. The number of halogens is 1. The first-order valence-electron chi connectivity index (χ1n) is 6.56. The molecule has 1 aromatic rings. The average molecular weight is 266 g/mol. The van der Waals surface area contributed by atoms with Crippen LogP contribution >= 0.6 is 0 Å². The highest BCUT2D eigenvalue weighted by atomic mass is 19.1. The zero-order chi connectivity index (χ0) is 13.7. The fourth-order valence-electron chi connectivity index (χ4n) is 2.41. The number of carbonyl (C=O) groups is 1. The monoisotopic (exact) mass is 266 g/mol. The molecule has 2 rings (SSSR count). The van der Waals surface area contributed by atoms with E-state index >= 15 is 0 Å². The van der Waals surface area contributed by atoms with E-state index in [9.17, 15) is 9.18 Å². The van der Waals surface area contributed by atoms with E-state index in [2.05, 4.69) is 5.32 Å². The molecule has 0 spiro atoms. The minimum absolute atomic E-state index is 0.0243. The van der Waals surface area contributed by atoms with Gasteiger partial charge in [-0.15, -0.1) is 0 Å². The van der Waals surface area contributed by atoms with Crippen LogP contribution in [0.4, 0.5) is 4.39 Å². The molecule has 1 amide bonds. The Morgan fingerprint density at radius 1 is 1.26 bits per heavy atom. The molecular weight excluding hydrogens is 247 g/mol. The fourth-order valence-corrected chi connectivity index (χ4v) is 2.41. The lowest BCUT2D eigenvalue weighted by Crippen LogP contribution is -2.40. The minimum Gasteiger partial charge on any atom is -0.353 e. The van der Waals surface area contributed by atoms with Crippen LogP contribution in [0.3, 0.4) is 0 Å². The summed E-state index contributed by atoms with van der Waals surface area (Å²) in [5.41, 5.74) is 0.817. The number of rotatable bonds is 4. The fraction of sp³-hybridized carbons (Fsp3) is 0.500. The summed E-state index contributed by atoms with van der Waals surface area (Å²) in [6.07, 6.45) is 3.92. The van der Waals surface area contributed by atoms with E-state index in [-0.39, 0.29) is 30.3 Å². The average Bonchev–Trinajstić information content (AvgIpc) is 2.42. The predicted molar refractivity (Wildman–Crippen MR) is 69.6 cm³/mol. The number of benzene rings is 1. The van der Waals surface area contributed by atoms with E-state index in [1.165, 1.54) is 12.1 Å². The van der Waals surface area contributed by atoms with Gasteiger partial charge >= 0.3 is 0 Å². The maximum atomic E-state index is 12.7. The van der Waals surface area contributed by atoms with Gasteiger partial charge in [0.15, 0.2) is 0 Å². The normalized spacial score (nSPS) is 23.1. The van der Waals surface area contributed by atoms with Crippen LogP contribution in [-0.4, -0.2) is 18.1 Å². The summed E-state index contributed by atoms with van der Waals surface area (Å²) in [6, 6.07) is 6.19. The molecule has 1 aliphatic rings. The molecule has 1 aliphatic carbocycles. The third-order valence-corrected chi connectivity index (χ3v) is 3.51. The first-order valence-corrected chi connectivity index (χ1v) is 6.56. The lowest BCUT2D eigenvalue weighted by molar-refractivity contribution is -0.121. The summed E-state index contributed by atoms with van der Waals surface area (Å²) < 4.78 is 12.7. The van der Waals surface area contributed by atoms with Gasteiger partial charge < -0.3 is 10.2 Å². The van der Waals surface area contributed by atoms with Gasteiger partial charge in [-0.2, -0.15) is 0 Å². The van der Waals surface area contributed by atoms with Crippen LogP contribution in [0, 0.1) is 5.82 Å². The topological polar surface area (TPSA) is 64.3 Å². The largest absolute Gasteiger partial charge is 0.353 e. The van der Waals surface area contributed by atoms with Crippen molar-refractivity contribution in [3.63, 3.8) is 0 Å².